The minimum atomic E-state index is -0.379. The number of hydrogen-bond donors (Lipinski definition) is 2. The van der Waals surface area contributed by atoms with Crippen molar-refractivity contribution in [2.45, 2.75) is 38.5 Å². The van der Waals surface area contributed by atoms with Crippen LogP contribution in [0.4, 0.5) is 5.69 Å². The Morgan fingerprint density at radius 3 is 2.59 bits per heavy atom. The van der Waals surface area contributed by atoms with E-state index in [2.05, 4.69) is 20.8 Å². The maximum atomic E-state index is 12.9. The Balaban J connectivity index is 1.71. The summed E-state index contributed by atoms with van der Waals surface area (Å²) >= 11 is 7.48. The van der Waals surface area contributed by atoms with E-state index in [4.69, 9.17) is 16.3 Å². The second-order valence-electron chi connectivity index (χ2n) is 7.83. The van der Waals surface area contributed by atoms with Gasteiger partial charge in [0, 0.05) is 18.3 Å². The molecular formula is C24H28ClN5O3S. The van der Waals surface area contributed by atoms with E-state index in [1.807, 2.05) is 37.5 Å². The Kier molecular flexibility index (Phi) is 8.95. The van der Waals surface area contributed by atoms with Gasteiger partial charge in [0.05, 0.1) is 29.5 Å². The second-order valence-corrected chi connectivity index (χ2v) is 9.18. The number of nitrogens with one attached hydrogen (secondary N) is 2. The first-order valence-corrected chi connectivity index (χ1v) is 12.3. The van der Waals surface area contributed by atoms with Crippen molar-refractivity contribution in [2.24, 2.45) is 5.92 Å². The van der Waals surface area contributed by atoms with E-state index < -0.39 is 0 Å². The summed E-state index contributed by atoms with van der Waals surface area (Å²) in [6.45, 7) is 6.56. The van der Waals surface area contributed by atoms with Crippen molar-refractivity contribution >= 4 is 40.9 Å². The third-order valence-electron chi connectivity index (χ3n) is 5.10. The minimum absolute atomic E-state index is 0.0511. The molecule has 1 atom stereocenters. The van der Waals surface area contributed by atoms with Crippen LogP contribution in [0.5, 0.6) is 5.75 Å². The number of hydrogen-bond acceptors (Lipinski definition) is 6. The van der Waals surface area contributed by atoms with Gasteiger partial charge in [-0.3, -0.25) is 9.59 Å². The first-order chi connectivity index (χ1) is 16.3. The molecule has 0 unspecified atom stereocenters. The molecule has 0 spiro atoms. The molecule has 3 rings (SSSR count). The predicted molar refractivity (Wildman–Crippen MR) is 135 cm³/mol. The quantitative estimate of drug-likeness (QED) is 0.386. The highest BCUT2D eigenvalue weighted by Gasteiger charge is 2.26. The summed E-state index contributed by atoms with van der Waals surface area (Å²) in [6, 6.07) is 13.7. The van der Waals surface area contributed by atoms with Crippen LogP contribution in [-0.2, 0) is 11.3 Å². The van der Waals surface area contributed by atoms with Crippen molar-refractivity contribution in [1.82, 2.24) is 20.1 Å². The highest BCUT2D eigenvalue weighted by atomic mass is 35.5. The first-order valence-electron chi connectivity index (χ1n) is 10.9. The molecule has 8 nitrogen and oxygen atoms in total. The molecule has 2 amide bonds. The maximum absolute atomic E-state index is 12.9. The molecular weight excluding hydrogens is 474 g/mol. The summed E-state index contributed by atoms with van der Waals surface area (Å²) in [5.41, 5.74) is 1.06. The lowest BCUT2D eigenvalue weighted by molar-refractivity contribution is -0.113. The molecule has 2 aromatic carbocycles. The molecule has 1 aromatic heterocycles. The number of amides is 2. The zero-order valence-electron chi connectivity index (χ0n) is 19.5. The third kappa shape index (κ3) is 6.30. The largest absolute Gasteiger partial charge is 0.497 e. The van der Waals surface area contributed by atoms with Gasteiger partial charge in [0.1, 0.15) is 5.75 Å². The average Bonchev–Trinajstić information content (AvgIpc) is 3.23. The van der Waals surface area contributed by atoms with Crippen LogP contribution in [0.2, 0.25) is 5.02 Å². The summed E-state index contributed by atoms with van der Waals surface area (Å²) in [4.78, 5) is 25.3. The molecule has 2 N–H and O–H groups in total. The normalized spacial score (nSPS) is 11.8. The Morgan fingerprint density at radius 2 is 1.91 bits per heavy atom. The number of carbonyl (C=O) groups excluding carboxylic acids is 2. The number of rotatable bonds is 10. The van der Waals surface area contributed by atoms with E-state index in [0.29, 0.717) is 39.5 Å². The number of ether oxygens (including phenoxy) is 1. The highest BCUT2D eigenvalue weighted by Crippen LogP contribution is 2.26. The third-order valence-corrected chi connectivity index (χ3v) is 6.39. The predicted octanol–water partition coefficient (Wildman–Crippen LogP) is 4.82. The van der Waals surface area contributed by atoms with E-state index in [0.717, 1.165) is 0 Å². The molecule has 0 fully saturated rings. The summed E-state index contributed by atoms with van der Waals surface area (Å²) in [5.74, 6) is 1.07. The van der Waals surface area contributed by atoms with Gasteiger partial charge in [-0.15, -0.1) is 10.2 Å². The number of methoxy groups -OCH3 is 1. The average molecular weight is 502 g/mol. The van der Waals surface area contributed by atoms with E-state index in [1.54, 1.807) is 43.5 Å². The van der Waals surface area contributed by atoms with Crippen LogP contribution in [0.1, 0.15) is 43.0 Å². The zero-order valence-corrected chi connectivity index (χ0v) is 21.1. The fourth-order valence-electron chi connectivity index (χ4n) is 3.36. The molecule has 3 aromatic rings. The van der Waals surface area contributed by atoms with E-state index in [-0.39, 0.29) is 29.5 Å². The van der Waals surface area contributed by atoms with Gasteiger partial charge in [0.25, 0.3) is 5.91 Å². The number of carbonyl (C=O) groups is 2. The van der Waals surface area contributed by atoms with Crippen LogP contribution in [0, 0.1) is 5.92 Å². The number of anilines is 1. The highest BCUT2D eigenvalue weighted by molar-refractivity contribution is 7.99. The molecule has 0 bridgehead atoms. The molecule has 34 heavy (non-hydrogen) atoms. The smallest absolute Gasteiger partial charge is 0.253 e. The number of aromatic nitrogens is 3. The summed E-state index contributed by atoms with van der Waals surface area (Å²) in [7, 11) is 1.58. The van der Waals surface area contributed by atoms with Crippen molar-refractivity contribution < 1.29 is 14.3 Å². The number of halogens is 1. The van der Waals surface area contributed by atoms with Crippen LogP contribution in [0.15, 0.2) is 53.7 Å². The molecule has 1 heterocycles. The van der Waals surface area contributed by atoms with Gasteiger partial charge in [0.2, 0.25) is 5.91 Å². The standard InChI is InChI=1S/C24H28ClN5O3S/c1-5-30-22(21(15(2)3)27-23(32)18-11-6-7-12-19(18)25)28-29-24(30)34-14-20(31)26-16-9-8-10-17(13-16)33-4/h6-13,15,21H,5,14H2,1-4H3,(H,26,31)(H,27,32)/t21-/m1/s1. The van der Waals surface area contributed by atoms with Gasteiger partial charge in [0.15, 0.2) is 11.0 Å². The topological polar surface area (TPSA) is 98.1 Å². The van der Waals surface area contributed by atoms with Crippen LogP contribution < -0.4 is 15.4 Å². The van der Waals surface area contributed by atoms with E-state index >= 15 is 0 Å². The molecule has 180 valence electrons. The fourth-order valence-corrected chi connectivity index (χ4v) is 4.39. The zero-order chi connectivity index (χ0) is 24.7. The van der Waals surface area contributed by atoms with E-state index in [1.165, 1.54) is 11.8 Å². The summed E-state index contributed by atoms with van der Waals surface area (Å²) < 4.78 is 7.10. The first kappa shape index (κ1) is 25.6. The van der Waals surface area contributed by atoms with Crippen LogP contribution in [0.3, 0.4) is 0 Å². The number of nitrogens with zero attached hydrogens (tertiary/aromatic N) is 3. The molecule has 0 aliphatic carbocycles. The SMILES string of the molecule is CCn1c(SCC(=O)Nc2cccc(OC)c2)nnc1[C@H](NC(=O)c1ccccc1Cl)C(C)C. The van der Waals surface area contributed by atoms with Crippen LogP contribution in [0.25, 0.3) is 0 Å². The lowest BCUT2D eigenvalue weighted by Gasteiger charge is -2.22. The van der Waals surface area contributed by atoms with Crippen molar-refractivity contribution in [3.8, 4) is 5.75 Å². The van der Waals surface area contributed by atoms with Crippen LogP contribution in [-0.4, -0.2) is 39.4 Å². The summed E-state index contributed by atoms with van der Waals surface area (Å²) in [5, 5.41) is 15.5. The van der Waals surface area contributed by atoms with Gasteiger partial charge < -0.3 is 19.9 Å². The molecule has 0 saturated carbocycles. The van der Waals surface area contributed by atoms with E-state index in [9.17, 15) is 9.59 Å². The van der Waals surface area contributed by atoms with Crippen molar-refractivity contribution in [3.05, 3.63) is 64.9 Å². The Labute approximate surface area is 208 Å². The molecule has 0 aliphatic rings. The lowest BCUT2D eigenvalue weighted by Crippen LogP contribution is -2.34. The monoisotopic (exact) mass is 501 g/mol. The molecule has 0 radical (unpaired) electrons. The van der Waals surface area contributed by atoms with Crippen LogP contribution >= 0.6 is 23.4 Å². The molecule has 0 saturated heterocycles. The Morgan fingerprint density at radius 1 is 1.15 bits per heavy atom. The van der Waals surface area contributed by atoms with Crippen molar-refractivity contribution in [3.63, 3.8) is 0 Å². The fraction of sp³-hybridized carbons (Fsp3) is 0.333. The van der Waals surface area contributed by atoms with Gasteiger partial charge in [-0.25, -0.2) is 0 Å². The lowest BCUT2D eigenvalue weighted by atomic mass is 10.0. The van der Waals surface area contributed by atoms with Gasteiger partial charge >= 0.3 is 0 Å². The van der Waals surface area contributed by atoms with Gasteiger partial charge in [-0.1, -0.05) is 55.4 Å². The number of benzene rings is 2. The van der Waals surface area contributed by atoms with Crippen molar-refractivity contribution in [1.29, 1.82) is 0 Å². The van der Waals surface area contributed by atoms with Gasteiger partial charge in [-0.2, -0.15) is 0 Å². The minimum Gasteiger partial charge on any atom is -0.497 e. The number of thioether (sulfide) groups is 1. The molecule has 10 heteroatoms. The second kappa shape index (κ2) is 11.9. The summed E-state index contributed by atoms with van der Waals surface area (Å²) in [6.07, 6.45) is 0. The molecule has 0 aliphatic heterocycles. The Hall–Kier alpha value is -3.04. The van der Waals surface area contributed by atoms with Crippen molar-refractivity contribution in [2.75, 3.05) is 18.2 Å². The van der Waals surface area contributed by atoms with Gasteiger partial charge in [-0.05, 0) is 37.1 Å². The maximum Gasteiger partial charge on any atom is 0.253 e. The Bertz CT molecular complexity index is 1150.